The van der Waals surface area contributed by atoms with Crippen molar-refractivity contribution < 1.29 is 0 Å². The van der Waals surface area contributed by atoms with Crippen molar-refractivity contribution >= 4 is 17.0 Å². The lowest BCUT2D eigenvalue weighted by molar-refractivity contribution is 1.26. The zero-order valence-electron chi connectivity index (χ0n) is 13.4. The van der Waals surface area contributed by atoms with Crippen LogP contribution in [-0.4, -0.2) is 5.71 Å². The van der Waals surface area contributed by atoms with Crippen LogP contribution in [-0.2, 0) is 0 Å². The standard InChI is InChI=1S/C21H21N/c1-15-13-16(2)21(14-15)20-12-8-7-11-19(20)17(3)22-18-9-5-4-6-10-18/h4-13H,14H2,1-3H3/b22-17+. The molecule has 0 N–H and O–H groups in total. The topological polar surface area (TPSA) is 12.4 Å². The summed E-state index contributed by atoms with van der Waals surface area (Å²) in [5.74, 6) is 0. The molecule has 0 spiro atoms. The van der Waals surface area contributed by atoms with Gasteiger partial charge in [-0.3, -0.25) is 4.99 Å². The van der Waals surface area contributed by atoms with Gasteiger partial charge in [0.2, 0.25) is 0 Å². The van der Waals surface area contributed by atoms with Gasteiger partial charge in [-0.05, 0) is 56.0 Å². The van der Waals surface area contributed by atoms with E-state index >= 15 is 0 Å². The van der Waals surface area contributed by atoms with E-state index in [9.17, 15) is 0 Å². The lowest BCUT2D eigenvalue weighted by atomic mass is 9.94. The first-order chi connectivity index (χ1) is 10.6. The smallest absolute Gasteiger partial charge is 0.0633 e. The Balaban J connectivity index is 2.03. The molecule has 0 unspecified atom stereocenters. The van der Waals surface area contributed by atoms with Gasteiger partial charge in [-0.15, -0.1) is 0 Å². The number of aliphatic imine (C=N–C) groups is 1. The fourth-order valence-electron chi connectivity index (χ4n) is 3.05. The third kappa shape index (κ3) is 2.94. The summed E-state index contributed by atoms with van der Waals surface area (Å²) in [5, 5.41) is 0. The molecule has 0 saturated carbocycles. The normalized spacial score (nSPS) is 15.2. The summed E-state index contributed by atoms with van der Waals surface area (Å²) in [7, 11) is 0. The Morgan fingerprint density at radius 3 is 2.27 bits per heavy atom. The minimum Gasteiger partial charge on any atom is -0.253 e. The van der Waals surface area contributed by atoms with Gasteiger partial charge in [0.25, 0.3) is 0 Å². The molecule has 1 heteroatoms. The van der Waals surface area contributed by atoms with E-state index < -0.39 is 0 Å². The van der Waals surface area contributed by atoms with Crippen molar-refractivity contribution in [3.05, 3.63) is 82.9 Å². The highest BCUT2D eigenvalue weighted by Crippen LogP contribution is 2.34. The molecule has 0 heterocycles. The van der Waals surface area contributed by atoms with E-state index in [1.54, 1.807) is 0 Å². The summed E-state index contributed by atoms with van der Waals surface area (Å²) in [6.07, 6.45) is 3.33. The summed E-state index contributed by atoms with van der Waals surface area (Å²) in [4.78, 5) is 4.78. The Hall–Kier alpha value is -2.41. The Kier molecular flexibility index (Phi) is 4.06. The van der Waals surface area contributed by atoms with Gasteiger partial charge < -0.3 is 0 Å². The van der Waals surface area contributed by atoms with Crippen molar-refractivity contribution in [2.45, 2.75) is 27.2 Å². The monoisotopic (exact) mass is 287 g/mol. The molecule has 0 radical (unpaired) electrons. The largest absolute Gasteiger partial charge is 0.253 e. The van der Waals surface area contributed by atoms with E-state index in [-0.39, 0.29) is 0 Å². The van der Waals surface area contributed by atoms with Crippen LogP contribution in [0.15, 0.2) is 76.8 Å². The summed E-state index contributed by atoms with van der Waals surface area (Å²) in [5.41, 5.74) is 8.83. The first-order valence-electron chi connectivity index (χ1n) is 7.72. The molecule has 0 atom stereocenters. The van der Waals surface area contributed by atoms with Gasteiger partial charge in [0.15, 0.2) is 0 Å². The van der Waals surface area contributed by atoms with E-state index in [1.165, 1.54) is 27.8 Å². The number of hydrogen-bond acceptors (Lipinski definition) is 1. The van der Waals surface area contributed by atoms with Crippen molar-refractivity contribution in [2.75, 3.05) is 0 Å². The van der Waals surface area contributed by atoms with Crippen LogP contribution in [0.1, 0.15) is 38.3 Å². The molecule has 110 valence electrons. The van der Waals surface area contributed by atoms with Crippen LogP contribution in [0.2, 0.25) is 0 Å². The SMILES string of the molecule is CC1=CC(C)=C(c2ccccc2/C(C)=N/c2ccccc2)C1. The van der Waals surface area contributed by atoms with Gasteiger partial charge in [-0.1, -0.05) is 54.1 Å². The molecule has 0 bridgehead atoms. The van der Waals surface area contributed by atoms with E-state index in [2.05, 4.69) is 51.1 Å². The molecule has 2 aromatic rings. The Morgan fingerprint density at radius 1 is 0.909 bits per heavy atom. The van der Waals surface area contributed by atoms with E-state index in [0.717, 1.165) is 17.8 Å². The van der Waals surface area contributed by atoms with Crippen LogP contribution in [0.5, 0.6) is 0 Å². The highest BCUT2D eigenvalue weighted by molar-refractivity contribution is 6.04. The maximum atomic E-state index is 4.78. The van der Waals surface area contributed by atoms with Crippen molar-refractivity contribution in [1.82, 2.24) is 0 Å². The number of hydrogen-bond donors (Lipinski definition) is 0. The second kappa shape index (κ2) is 6.15. The van der Waals surface area contributed by atoms with Crippen LogP contribution in [0, 0.1) is 0 Å². The van der Waals surface area contributed by atoms with Crippen LogP contribution in [0.4, 0.5) is 5.69 Å². The van der Waals surface area contributed by atoms with Crippen LogP contribution >= 0.6 is 0 Å². The van der Waals surface area contributed by atoms with Crippen molar-refractivity contribution in [2.24, 2.45) is 4.99 Å². The lowest BCUT2D eigenvalue weighted by Gasteiger charge is -2.12. The molecule has 1 nitrogen and oxygen atoms in total. The van der Waals surface area contributed by atoms with Gasteiger partial charge in [-0.2, -0.15) is 0 Å². The van der Waals surface area contributed by atoms with E-state index in [4.69, 9.17) is 4.99 Å². The zero-order chi connectivity index (χ0) is 15.5. The van der Waals surface area contributed by atoms with E-state index in [1.807, 2.05) is 30.3 Å². The van der Waals surface area contributed by atoms with Gasteiger partial charge in [-0.25, -0.2) is 0 Å². The minimum atomic E-state index is 1.00. The molecule has 0 amide bonds. The molecule has 1 aliphatic rings. The summed E-state index contributed by atoms with van der Waals surface area (Å²) in [6.45, 7) is 6.49. The van der Waals surface area contributed by atoms with Crippen molar-refractivity contribution in [1.29, 1.82) is 0 Å². The molecule has 0 fully saturated rings. The Labute approximate surface area is 132 Å². The first kappa shape index (κ1) is 14.5. The highest BCUT2D eigenvalue weighted by atomic mass is 14.7. The quantitative estimate of drug-likeness (QED) is 0.618. The average molecular weight is 287 g/mol. The molecule has 0 aromatic heterocycles. The lowest BCUT2D eigenvalue weighted by Crippen LogP contribution is -2.00. The van der Waals surface area contributed by atoms with Crippen LogP contribution in [0.25, 0.3) is 5.57 Å². The molecule has 0 aliphatic heterocycles. The summed E-state index contributed by atoms with van der Waals surface area (Å²) < 4.78 is 0. The predicted octanol–water partition coefficient (Wildman–Crippen LogP) is 5.95. The van der Waals surface area contributed by atoms with Gasteiger partial charge in [0.1, 0.15) is 0 Å². The molecule has 22 heavy (non-hydrogen) atoms. The molecule has 1 aliphatic carbocycles. The third-order valence-corrected chi connectivity index (χ3v) is 4.09. The third-order valence-electron chi connectivity index (χ3n) is 4.09. The van der Waals surface area contributed by atoms with Crippen LogP contribution in [0.3, 0.4) is 0 Å². The molecule has 3 rings (SSSR count). The Morgan fingerprint density at radius 2 is 1.59 bits per heavy atom. The maximum absolute atomic E-state index is 4.78. The molecule has 0 saturated heterocycles. The van der Waals surface area contributed by atoms with Crippen molar-refractivity contribution in [3.8, 4) is 0 Å². The second-order valence-electron chi connectivity index (χ2n) is 5.91. The van der Waals surface area contributed by atoms with Gasteiger partial charge in [0.05, 0.1) is 5.69 Å². The van der Waals surface area contributed by atoms with Crippen molar-refractivity contribution in [3.63, 3.8) is 0 Å². The summed E-state index contributed by atoms with van der Waals surface area (Å²) >= 11 is 0. The number of allylic oxidation sites excluding steroid dienone is 4. The number of para-hydroxylation sites is 1. The molecule has 2 aromatic carbocycles. The fraction of sp³-hybridized carbons (Fsp3) is 0.190. The highest BCUT2D eigenvalue weighted by Gasteiger charge is 2.16. The van der Waals surface area contributed by atoms with Crippen LogP contribution < -0.4 is 0 Å². The predicted molar refractivity (Wildman–Crippen MR) is 95.7 cm³/mol. The van der Waals surface area contributed by atoms with E-state index in [0.29, 0.717) is 0 Å². The maximum Gasteiger partial charge on any atom is 0.0633 e. The zero-order valence-corrected chi connectivity index (χ0v) is 13.4. The second-order valence-corrected chi connectivity index (χ2v) is 5.91. The van der Waals surface area contributed by atoms with Gasteiger partial charge >= 0.3 is 0 Å². The number of benzene rings is 2. The molecular weight excluding hydrogens is 266 g/mol. The fourth-order valence-corrected chi connectivity index (χ4v) is 3.05. The first-order valence-corrected chi connectivity index (χ1v) is 7.72. The van der Waals surface area contributed by atoms with Gasteiger partial charge in [0, 0.05) is 11.3 Å². The average Bonchev–Trinajstić information content (AvgIpc) is 2.87. The number of rotatable bonds is 3. The Bertz CT molecular complexity index is 777. The summed E-state index contributed by atoms with van der Waals surface area (Å²) in [6, 6.07) is 18.7. The number of nitrogens with zero attached hydrogens (tertiary/aromatic N) is 1. The minimum absolute atomic E-state index is 1.00. The molecular formula is C21H21N.